The van der Waals surface area contributed by atoms with Crippen LogP contribution in [0.1, 0.15) is 12.0 Å². The second kappa shape index (κ2) is 4.13. The lowest BCUT2D eigenvalue weighted by molar-refractivity contribution is 0.813. The van der Waals surface area contributed by atoms with Gasteiger partial charge in [-0.05, 0) is 42.9 Å². The molecule has 1 atom stereocenters. The van der Waals surface area contributed by atoms with Crippen LogP contribution >= 0.6 is 11.8 Å². The smallest absolute Gasteiger partial charge is 0.0365 e. The van der Waals surface area contributed by atoms with Gasteiger partial charge in [0.15, 0.2) is 0 Å². The summed E-state index contributed by atoms with van der Waals surface area (Å²) in [6.45, 7) is 2.07. The van der Waals surface area contributed by atoms with E-state index in [-0.39, 0.29) is 0 Å². The summed E-state index contributed by atoms with van der Waals surface area (Å²) in [4.78, 5) is 0. The zero-order valence-corrected chi connectivity index (χ0v) is 9.23. The number of anilines is 2. The molecule has 1 saturated heterocycles. The first kappa shape index (κ1) is 9.71. The van der Waals surface area contributed by atoms with Crippen molar-refractivity contribution in [1.29, 1.82) is 0 Å². The summed E-state index contributed by atoms with van der Waals surface area (Å²) in [5.74, 6) is 2.49. The van der Waals surface area contributed by atoms with Gasteiger partial charge in [-0.1, -0.05) is 0 Å². The Hall–Kier alpha value is -0.830. The molecule has 1 unspecified atom stereocenters. The van der Waals surface area contributed by atoms with E-state index in [9.17, 15) is 0 Å². The van der Waals surface area contributed by atoms with Crippen molar-refractivity contribution < 1.29 is 0 Å². The van der Waals surface area contributed by atoms with Gasteiger partial charge in [-0.2, -0.15) is 11.8 Å². The highest BCUT2D eigenvalue weighted by atomic mass is 32.2. The molecule has 0 saturated carbocycles. The van der Waals surface area contributed by atoms with Gasteiger partial charge in [0.2, 0.25) is 0 Å². The van der Waals surface area contributed by atoms with Crippen LogP contribution < -0.4 is 11.1 Å². The molecule has 14 heavy (non-hydrogen) atoms. The fourth-order valence-electron chi connectivity index (χ4n) is 1.78. The van der Waals surface area contributed by atoms with Gasteiger partial charge in [-0.3, -0.25) is 0 Å². The van der Waals surface area contributed by atoms with E-state index in [0.717, 1.165) is 11.4 Å². The Morgan fingerprint density at radius 2 is 2.29 bits per heavy atom. The van der Waals surface area contributed by atoms with Gasteiger partial charge in [-0.15, -0.1) is 0 Å². The normalized spacial score (nSPS) is 21.1. The summed E-state index contributed by atoms with van der Waals surface area (Å²) < 4.78 is 0. The maximum Gasteiger partial charge on any atom is 0.0365 e. The molecule has 1 aromatic carbocycles. The van der Waals surface area contributed by atoms with Crippen LogP contribution in [0.15, 0.2) is 18.2 Å². The number of thioether (sulfide) groups is 1. The highest BCUT2D eigenvalue weighted by Crippen LogP contribution is 2.23. The van der Waals surface area contributed by atoms with Crippen LogP contribution in [0.4, 0.5) is 11.4 Å². The molecule has 1 heterocycles. The van der Waals surface area contributed by atoms with Gasteiger partial charge in [0.1, 0.15) is 0 Å². The van der Waals surface area contributed by atoms with Crippen LogP contribution in [0.5, 0.6) is 0 Å². The molecule has 2 rings (SSSR count). The third-order valence-corrected chi connectivity index (χ3v) is 3.56. The summed E-state index contributed by atoms with van der Waals surface area (Å²) >= 11 is 2.02. The van der Waals surface area contributed by atoms with Crippen molar-refractivity contribution >= 4 is 23.1 Å². The summed E-state index contributed by atoms with van der Waals surface area (Å²) in [7, 11) is 0. The van der Waals surface area contributed by atoms with Crippen LogP contribution in [0.3, 0.4) is 0 Å². The maximum atomic E-state index is 5.79. The molecular weight excluding hydrogens is 192 g/mol. The van der Waals surface area contributed by atoms with E-state index in [2.05, 4.69) is 18.3 Å². The van der Waals surface area contributed by atoms with Gasteiger partial charge >= 0.3 is 0 Å². The van der Waals surface area contributed by atoms with Crippen molar-refractivity contribution in [1.82, 2.24) is 0 Å². The molecule has 0 amide bonds. The predicted octanol–water partition coefficient (Wildman–Crippen LogP) is 2.49. The number of hydrogen-bond acceptors (Lipinski definition) is 3. The zero-order chi connectivity index (χ0) is 9.97. The Morgan fingerprint density at radius 3 is 2.93 bits per heavy atom. The second-order valence-electron chi connectivity index (χ2n) is 3.84. The molecule has 0 aromatic heterocycles. The minimum atomic E-state index is 0.626. The third-order valence-electron chi connectivity index (χ3n) is 2.40. The highest BCUT2D eigenvalue weighted by Gasteiger charge is 2.14. The van der Waals surface area contributed by atoms with Crippen molar-refractivity contribution in [3.05, 3.63) is 23.8 Å². The topological polar surface area (TPSA) is 38.0 Å². The molecule has 0 spiro atoms. The van der Waals surface area contributed by atoms with Crippen molar-refractivity contribution in [2.45, 2.75) is 19.4 Å². The lowest BCUT2D eigenvalue weighted by Gasteiger charge is -2.13. The highest BCUT2D eigenvalue weighted by molar-refractivity contribution is 7.99. The van der Waals surface area contributed by atoms with Crippen molar-refractivity contribution in [2.75, 3.05) is 22.6 Å². The Balaban J connectivity index is 2.07. The van der Waals surface area contributed by atoms with Gasteiger partial charge in [0.05, 0.1) is 0 Å². The Labute approximate surface area is 89.3 Å². The molecule has 2 nitrogen and oxygen atoms in total. The first-order chi connectivity index (χ1) is 6.74. The van der Waals surface area contributed by atoms with Gasteiger partial charge < -0.3 is 11.1 Å². The number of benzene rings is 1. The number of hydrogen-bond donors (Lipinski definition) is 2. The quantitative estimate of drug-likeness (QED) is 0.733. The molecule has 3 N–H and O–H groups in total. The van der Waals surface area contributed by atoms with Crippen LogP contribution in [-0.2, 0) is 0 Å². The molecule has 0 bridgehead atoms. The molecule has 76 valence electrons. The summed E-state index contributed by atoms with van der Waals surface area (Å²) in [5, 5.41) is 3.52. The predicted molar refractivity (Wildman–Crippen MR) is 64.9 cm³/mol. The minimum Gasteiger partial charge on any atom is -0.399 e. The number of rotatable bonds is 2. The number of nitrogen functional groups attached to an aromatic ring is 1. The lowest BCUT2D eigenvalue weighted by atomic mass is 10.1. The Bertz CT molecular complexity index is 299. The molecular formula is C11H16N2S. The fraction of sp³-hybridized carbons (Fsp3) is 0.455. The molecule has 1 fully saturated rings. The standard InChI is InChI=1S/C11H16N2S/c1-8-4-9(12)6-11(5-8)13-10-2-3-14-7-10/h4-6,10,13H,2-3,7,12H2,1H3. The summed E-state index contributed by atoms with van der Waals surface area (Å²) in [6.07, 6.45) is 1.26. The number of aryl methyl sites for hydroxylation is 1. The fourth-order valence-corrected chi connectivity index (χ4v) is 2.93. The molecule has 1 aliphatic heterocycles. The Morgan fingerprint density at radius 1 is 1.43 bits per heavy atom. The minimum absolute atomic E-state index is 0.626. The number of nitrogens with two attached hydrogens (primary N) is 1. The van der Waals surface area contributed by atoms with Crippen molar-refractivity contribution in [2.24, 2.45) is 0 Å². The van der Waals surface area contributed by atoms with Crippen LogP contribution in [0.25, 0.3) is 0 Å². The summed E-state index contributed by atoms with van der Waals surface area (Å²) in [6, 6.07) is 6.78. The molecule has 0 radical (unpaired) electrons. The monoisotopic (exact) mass is 208 g/mol. The van der Waals surface area contributed by atoms with E-state index in [4.69, 9.17) is 5.73 Å². The lowest BCUT2D eigenvalue weighted by Crippen LogP contribution is -2.18. The number of nitrogens with one attached hydrogen (secondary N) is 1. The first-order valence-electron chi connectivity index (χ1n) is 4.95. The SMILES string of the molecule is Cc1cc(N)cc(NC2CCSC2)c1. The van der Waals surface area contributed by atoms with Crippen molar-refractivity contribution in [3.63, 3.8) is 0 Å². The van der Waals surface area contributed by atoms with Crippen LogP contribution in [-0.4, -0.2) is 17.5 Å². The molecule has 1 aliphatic rings. The average molecular weight is 208 g/mol. The van der Waals surface area contributed by atoms with Crippen molar-refractivity contribution in [3.8, 4) is 0 Å². The second-order valence-corrected chi connectivity index (χ2v) is 4.99. The maximum absolute atomic E-state index is 5.79. The summed E-state index contributed by atoms with van der Waals surface area (Å²) in [5.41, 5.74) is 9.02. The van der Waals surface area contributed by atoms with E-state index in [0.29, 0.717) is 6.04 Å². The van der Waals surface area contributed by atoms with Crippen LogP contribution in [0, 0.1) is 6.92 Å². The van der Waals surface area contributed by atoms with Gasteiger partial charge in [-0.25, -0.2) is 0 Å². The van der Waals surface area contributed by atoms with Crippen LogP contribution in [0.2, 0.25) is 0 Å². The molecule has 0 aliphatic carbocycles. The van der Waals surface area contributed by atoms with E-state index >= 15 is 0 Å². The van der Waals surface area contributed by atoms with E-state index in [1.54, 1.807) is 0 Å². The first-order valence-corrected chi connectivity index (χ1v) is 6.11. The van der Waals surface area contributed by atoms with E-state index in [1.165, 1.54) is 23.5 Å². The van der Waals surface area contributed by atoms with E-state index in [1.807, 2.05) is 23.9 Å². The average Bonchev–Trinajstić information content (AvgIpc) is 2.54. The van der Waals surface area contributed by atoms with Gasteiger partial charge in [0, 0.05) is 23.2 Å². The van der Waals surface area contributed by atoms with Gasteiger partial charge in [0.25, 0.3) is 0 Å². The largest absolute Gasteiger partial charge is 0.399 e. The molecule has 3 heteroatoms. The zero-order valence-electron chi connectivity index (χ0n) is 8.42. The van der Waals surface area contributed by atoms with E-state index < -0.39 is 0 Å². The Kier molecular flexibility index (Phi) is 2.87. The molecule has 1 aromatic rings. The third kappa shape index (κ3) is 2.35.